The maximum absolute atomic E-state index is 12.9. The molecule has 1 heterocycles. The molecule has 4 rings (SSSR count). The van der Waals surface area contributed by atoms with E-state index in [0.717, 1.165) is 25.2 Å². The Hall–Kier alpha value is -2.62. The summed E-state index contributed by atoms with van der Waals surface area (Å²) < 4.78 is 0. The normalized spacial score (nSPS) is 15.7. The van der Waals surface area contributed by atoms with Gasteiger partial charge in [0.1, 0.15) is 0 Å². The highest BCUT2D eigenvalue weighted by molar-refractivity contribution is 5.93. The molecule has 3 aromatic rings. The van der Waals surface area contributed by atoms with Crippen molar-refractivity contribution in [3.63, 3.8) is 0 Å². The number of carbonyl (C=O) groups is 1. The highest BCUT2D eigenvalue weighted by Gasteiger charge is 2.30. The first kappa shape index (κ1) is 22.1. The molecular formula is C26H29ClN2O. The number of halogens is 1. The number of carbonyl (C=O) groups excluding carboxylic acids is 1. The number of rotatable bonds is 6. The van der Waals surface area contributed by atoms with Gasteiger partial charge in [-0.1, -0.05) is 79.7 Å². The minimum Gasteiger partial charge on any atom is -0.311 e. The van der Waals surface area contributed by atoms with Gasteiger partial charge >= 0.3 is 0 Å². The van der Waals surface area contributed by atoms with Crippen LogP contribution in [0.4, 0.5) is 5.69 Å². The van der Waals surface area contributed by atoms with Crippen molar-refractivity contribution >= 4 is 24.0 Å². The van der Waals surface area contributed by atoms with Gasteiger partial charge in [-0.05, 0) is 35.2 Å². The summed E-state index contributed by atoms with van der Waals surface area (Å²) in [4.78, 5) is 17.4. The molecular weight excluding hydrogens is 392 g/mol. The van der Waals surface area contributed by atoms with Gasteiger partial charge in [-0.3, -0.25) is 9.69 Å². The third-order valence-electron chi connectivity index (χ3n) is 5.78. The van der Waals surface area contributed by atoms with Crippen LogP contribution in [-0.4, -0.2) is 23.9 Å². The molecule has 0 N–H and O–H groups in total. The highest BCUT2D eigenvalue weighted by atomic mass is 35.5. The van der Waals surface area contributed by atoms with E-state index in [4.69, 9.17) is 0 Å². The Bertz CT molecular complexity index is 946. The second kappa shape index (κ2) is 10.4. The molecule has 1 amide bonds. The van der Waals surface area contributed by atoms with Crippen LogP contribution in [0, 0.1) is 0 Å². The van der Waals surface area contributed by atoms with E-state index in [0.29, 0.717) is 13.0 Å². The first-order valence-electron chi connectivity index (χ1n) is 10.5. The SMILES string of the molecule is CCC(=O)N(CC1c2ccccc2CCN1Cc1ccccc1)c1ccccc1.Cl. The lowest BCUT2D eigenvalue weighted by Gasteiger charge is -2.40. The minimum atomic E-state index is 0. The Labute approximate surface area is 185 Å². The Balaban J connectivity index is 0.00000256. The van der Waals surface area contributed by atoms with Gasteiger partial charge in [0.25, 0.3) is 0 Å². The standard InChI is InChI=1S/C26H28N2O.ClH/c1-2-26(29)28(23-14-7-4-8-15-23)20-25-24-16-10-9-13-22(24)17-18-27(25)19-21-11-5-3-6-12-21;/h3-16,25H,2,17-20H2,1H3;1H. The van der Waals surface area contributed by atoms with Crippen molar-refractivity contribution in [3.8, 4) is 0 Å². The number of nitrogens with zero attached hydrogens (tertiary/aromatic N) is 2. The van der Waals surface area contributed by atoms with Gasteiger partial charge in [-0.25, -0.2) is 0 Å². The topological polar surface area (TPSA) is 23.6 Å². The average molecular weight is 421 g/mol. The van der Waals surface area contributed by atoms with Crippen LogP contribution in [0.5, 0.6) is 0 Å². The molecule has 0 bridgehead atoms. The number of amides is 1. The Kier molecular flexibility index (Phi) is 7.67. The zero-order chi connectivity index (χ0) is 20.1. The largest absolute Gasteiger partial charge is 0.311 e. The Morgan fingerprint density at radius 3 is 2.27 bits per heavy atom. The van der Waals surface area contributed by atoms with Crippen LogP contribution in [0.3, 0.4) is 0 Å². The predicted molar refractivity (Wildman–Crippen MR) is 126 cm³/mol. The van der Waals surface area contributed by atoms with Gasteiger partial charge in [-0.15, -0.1) is 12.4 Å². The molecule has 0 fully saturated rings. The maximum atomic E-state index is 12.9. The summed E-state index contributed by atoms with van der Waals surface area (Å²) in [6.45, 7) is 4.50. The molecule has 156 valence electrons. The lowest BCUT2D eigenvalue weighted by molar-refractivity contribution is -0.118. The predicted octanol–water partition coefficient (Wildman–Crippen LogP) is 5.65. The van der Waals surface area contributed by atoms with E-state index >= 15 is 0 Å². The number of fused-ring (bicyclic) bond motifs is 1. The third-order valence-corrected chi connectivity index (χ3v) is 5.78. The highest BCUT2D eigenvalue weighted by Crippen LogP contribution is 2.33. The summed E-state index contributed by atoms with van der Waals surface area (Å²) >= 11 is 0. The average Bonchev–Trinajstić information content (AvgIpc) is 2.79. The molecule has 0 radical (unpaired) electrons. The summed E-state index contributed by atoms with van der Waals surface area (Å²) in [6, 6.07) is 29.6. The van der Waals surface area contributed by atoms with E-state index < -0.39 is 0 Å². The molecule has 0 aliphatic carbocycles. The fourth-order valence-electron chi connectivity index (χ4n) is 4.25. The van der Waals surface area contributed by atoms with E-state index in [9.17, 15) is 4.79 Å². The number of benzene rings is 3. The van der Waals surface area contributed by atoms with Crippen molar-refractivity contribution in [1.82, 2.24) is 4.90 Å². The second-order valence-electron chi connectivity index (χ2n) is 7.61. The fourth-order valence-corrected chi connectivity index (χ4v) is 4.25. The van der Waals surface area contributed by atoms with E-state index in [-0.39, 0.29) is 24.4 Å². The van der Waals surface area contributed by atoms with Gasteiger partial charge in [0.05, 0.1) is 6.04 Å². The molecule has 1 aliphatic rings. The van der Waals surface area contributed by atoms with Crippen LogP contribution >= 0.6 is 12.4 Å². The van der Waals surface area contributed by atoms with Crippen LogP contribution in [0.25, 0.3) is 0 Å². The molecule has 1 atom stereocenters. The third kappa shape index (κ3) is 4.92. The molecule has 0 saturated carbocycles. The summed E-state index contributed by atoms with van der Waals surface area (Å²) in [5.41, 5.74) is 5.03. The van der Waals surface area contributed by atoms with E-state index in [1.807, 2.05) is 42.2 Å². The maximum Gasteiger partial charge on any atom is 0.226 e. The molecule has 0 aromatic heterocycles. The summed E-state index contributed by atoms with van der Waals surface area (Å²) in [5, 5.41) is 0. The molecule has 1 aliphatic heterocycles. The number of para-hydroxylation sites is 1. The van der Waals surface area contributed by atoms with E-state index in [1.54, 1.807) is 0 Å². The lowest BCUT2D eigenvalue weighted by atomic mass is 9.91. The number of hydrogen-bond donors (Lipinski definition) is 0. The lowest BCUT2D eigenvalue weighted by Crippen LogP contribution is -2.43. The summed E-state index contributed by atoms with van der Waals surface area (Å²) in [5.74, 6) is 0.166. The van der Waals surface area contributed by atoms with Crippen LogP contribution < -0.4 is 4.90 Å². The van der Waals surface area contributed by atoms with Gasteiger partial charge < -0.3 is 4.90 Å². The van der Waals surface area contributed by atoms with Crippen LogP contribution in [0.15, 0.2) is 84.9 Å². The quantitative estimate of drug-likeness (QED) is 0.514. The van der Waals surface area contributed by atoms with Gasteiger partial charge in [-0.2, -0.15) is 0 Å². The summed E-state index contributed by atoms with van der Waals surface area (Å²) in [7, 11) is 0. The van der Waals surface area contributed by atoms with Crippen molar-refractivity contribution in [2.75, 3.05) is 18.0 Å². The Morgan fingerprint density at radius 1 is 0.933 bits per heavy atom. The molecule has 1 unspecified atom stereocenters. The van der Waals surface area contributed by atoms with Crippen LogP contribution in [0.2, 0.25) is 0 Å². The van der Waals surface area contributed by atoms with Gasteiger partial charge in [0, 0.05) is 31.7 Å². The van der Waals surface area contributed by atoms with E-state index in [1.165, 1.54) is 16.7 Å². The molecule has 30 heavy (non-hydrogen) atoms. The number of hydrogen-bond acceptors (Lipinski definition) is 2. The van der Waals surface area contributed by atoms with Crippen LogP contribution in [-0.2, 0) is 17.8 Å². The first-order chi connectivity index (χ1) is 14.3. The second-order valence-corrected chi connectivity index (χ2v) is 7.61. The molecule has 3 aromatic carbocycles. The molecule has 0 spiro atoms. The van der Waals surface area contributed by atoms with Gasteiger partial charge in [0.2, 0.25) is 5.91 Å². The minimum absolute atomic E-state index is 0. The molecule has 0 saturated heterocycles. The molecule has 3 nitrogen and oxygen atoms in total. The van der Waals surface area contributed by atoms with Crippen molar-refractivity contribution in [2.24, 2.45) is 0 Å². The zero-order valence-electron chi connectivity index (χ0n) is 17.4. The van der Waals surface area contributed by atoms with Crippen molar-refractivity contribution < 1.29 is 4.79 Å². The van der Waals surface area contributed by atoms with E-state index in [2.05, 4.69) is 59.5 Å². The smallest absolute Gasteiger partial charge is 0.226 e. The Morgan fingerprint density at radius 2 is 1.57 bits per heavy atom. The number of anilines is 1. The van der Waals surface area contributed by atoms with Gasteiger partial charge in [0.15, 0.2) is 0 Å². The molecule has 4 heteroatoms. The first-order valence-corrected chi connectivity index (χ1v) is 10.5. The van der Waals surface area contributed by atoms with Crippen molar-refractivity contribution in [3.05, 3.63) is 102 Å². The van der Waals surface area contributed by atoms with Crippen molar-refractivity contribution in [1.29, 1.82) is 0 Å². The summed E-state index contributed by atoms with van der Waals surface area (Å²) in [6.07, 6.45) is 1.55. The zero-order valence-corrected chi connectivity index (χ0v) is 18.2. The fraction of sp³-hybridized carbons (Fsp3) is 0.269. The van der Waals surface area contributed by atoms with Crippen molar-refractivity contribution in [2.45, 2.75) is 32.4 Å². The monoisotopic (exact) mass is 420 g/mol. The van der Waals surface area contributed by atoms with Crippen LogP contribution in [0.1, 0.15) is 36.1 Å².